The molecule has 0 N–H and O–H groups in total. The maximum Gasteiger partial charge on any atom is 0.111 e. The summed E-state index contributed by atoms with van der Waals surface area (Å²) in [6, 6.07) is 12.9. The summed E-state index contributed by atoms with van der Waals surface area (Å²) in [5.41, 5.74) is 7.52. The zero-order valence-corrected chi connectivity index (χ0v) is 14.1. The van der Waals surface area contributed by atoms with Gasteiger partial charge in [-0.1, -0.05) is 44.2 Å². The van der Waals surface area contributed by atoms with Crippen LogP contribution in [0.5, 0.6) is 0 Å². The molecule has 1 aliphatic carbocycles. The number of rotatable bonds is 5. The molecule has 2 heteroatoms. The second-order valence-corrected chi connectivity index (χ2v) is 6.63. The van der Waals surface area contributed by atoms with Crippen molar-refractivity contribution in [2.45, 2.75) is 52.4 Å². The van der Waals surface area contributed by atoms with Crippen LogP contribution in [0.4, 0.5) is 5.69 Å². The van der Waals surface area contributed by atoms with Gasteiger partial charge in [0.25, 0.3) is 0 Å². The highest BCUT2D eigenvalue weighted by Crippen LogP contribution is 2.34. The zero-order chi connectivity index (χ0) is 16.2. The number of nitrogens with zero attached hydrogens (tertiary/aromatic N) is 1. The van der Waals surface area contributed by atoms with Crippen molar-refractivity contribution in [3.05, 3.63) is 69.1 Å². The molecule has 3 rings (SSSR count). The van der Waals surface area contributed by atoms with E-state index in [9.17, 15) is 4.91 Å². The molecular formula is C21H25NO. The van der Waals surface area contributed by atoms with Gasteiger partial charge in [-0.05, 0) is 83.5 Å². The van der Waals surface area contributed by atoms with E-state index in [0.717, 1.165) is 32.1 Å². The van der Waals surface area contributed by atoms with E-state index in [2.05, 4.69) is 43.3 Å². The largest absolute Gasteiger partial charge is 0.145 e. The molecule has 0 aromatic heterocycles. The molecule has 1 atom stereocenters. The van der Waals surface area contributed by atoms with E-state index in [1.54, 1.807) is 0 Å². The Morgan fingerprint density at radius 2 is 1.91 bits per heavy atom. The lowest BCUT2D eigenvalue weighted by Crippen LogP contribution is -2.16. The van der Waals surface area contributed by atoms with Crippen molar-refractivity contribution in [2.75, 3.05) is 0 Å². The first-order valence-corrected chi connectivity index (χ1v) is 8.79. The Hall–Kier alpha value is -1.96. The minimum atomic E-state index is 0.614. The molecule has 0 heterocycles. The van der Waals surface area contributed by atoms with Gasteiger partial charge in [0, 0.05) is 0 Å². The lowest BCUT2D eigenvalue weighted by Gasteiger charge is -2.25. The summed E-state index contributed by atoms with van der Waals surface area (Å²) in [6.45, 7) is 4.46. The molecule has 120 valence electrons. The number of fused-ring (bicyclic) bond motifs is 1. The summed E-state index contributed by atoms with van der Waals surface area (Å²) in [7, 11) is 0. The third kappa shape index (κ3) is 3.36. The average molecular weight is 307 g/mol. The van der Waals surface area contributed by atoms with Crippen LogP contribution < -0.4 is 0 Å². The average Bonchev–Trinajstić information content (AvgIpc) is 2.61. The number of aryl methyl sites for hydroxylation is 3. The van der Waals surface area contributed by atoms with Crippen LogP contribution in [-0.4, -0.2) is 0 Å². The van der Waals surface area contributed by atoms with E-state index in [1.165, 1.54) is 34.2 Å². The highest BCUT2D eigenvalue weighted by atomic mass is 16.3. The van der Waals surface area contributed by atoms with E-state index >= 15 is 0 Å². The molecular weight excluding hydrogens is 282 g/mol. The van der Waals surface area contributed by atoms with Crippen molar-refractivity contribution in [1.29, 1.82) is 0 Å². The summed E-state index contributed by atoms with van der Waals surface area (Å²) in [6.07, 6.45) is 6.56. The first kappa shape index (κ1) is 15.9. The van der Waals surface area contributed by atoms with Gasteiger partial charge in [0.05, 0.1) is 0 Å². The quantitative estimate of drug-likeness (QED) is 0.665. The van der Waals surface area contributed by atoms with Crippen LogP contribution >= 0.6 is 0 Å². The molecule has 1 aliphatic rings. The molecule has 0 radical (unpaired) electrons. The van der Waals surface area contributed by atoms with E-state index in [4.69, 9.17) is 0 Å². The van der Waals surface area contributed by atoms with Crippen LogP contribution in [0.1, 0.15) is 48.1 Å². The van der Waals surface area contributed by atoms with Crippen LogP contribution in [-0.2, 0) is 32.1 Å². The first-order chi connectivity index (χ1) is 11.2. The molecule has 0 aliphatic heterocycles. The first-order valence-electron chi connectivity index (χ1n) is 8.79. The third-order valence-electron chi connectivity index (χ3n) is 5.22. The molecule has 2 aromatic carbocycles. The Labute approximate surface area is 138 Å². The van der Waals surface area contributed by atoms with Gasteiger partial charge in [-0.15, -0.1) is 4.91 Å². The Morgan fingerprint density at radius 1 is 1.09 bits per heavy atom. The van der Waals surface area contributed by atoms with Gasteiger partial charge >= 0.3 is 0 Å². The monoisotopic (exact) mass is 307 g/mol. The second kappa shape index (κ2) is 7.08. The second-order valence-electron chi connectivity index (χ2n) is 6.63. The van der Waals surface area contributed by atoms with Crippen LogP contribution in [0.15, 0.2) is 41.6 Å². The predicted octanol–water partition coefficient (Wildman–Crippen LogP) is 5.56. The fourth-order valence-electron chi connectivity index (χ4n) is 3.91. The lowest BCUT2D eigenvalue weighted by molar-refractivity contribution is 0.456. The van der Waals surface area contributed by atoms with E-state index in [-0.39, 0.29) is 0 Å². The van der Waals surface area contributed by atoms with Gasteiger partial charge in [0.2, 0.25) is 0 Å². The lowest BCUT2D eigenvalue weighted by atomic mass is 9.80. The van der Waals surface area contributed by atoms with E-state index in [0.29, 0.717) is 11.6 Å². The van der Waals surface area contributed by atoms with Crippen molar-refractivity contribution >= 4 is 5.69 Å². The molecule has 0 amide bonds. The molecule has 0 saturated heterocycles. The van der Waals surface area contributed by atoms with Crippen molar-refractivity contribution < 1.29 is 0 Å². The van der Waals surface area contributed by atoms with Gasteiger partial charge in [0.1, 0.15) is 5.69 Å². The predicted molar refractivity (Wildman–Crippen MR) is 96.3 cm³/mol. The Kier molecular flexibility index (Phi) is 4.90. The topological polar surface area (TPSA) is 29.4 Å². The maximum atomic E-state index is 11.0. The molecule has 23 heavy (non-hydrogen) atoms. The summed E-state index contributed by atoms with van der Waals surface area (Å²) in [5, 5.41) is 3.23. The molecule has 2 aromatic rings. The van der Waals surface area contributed by atoms with Crippen LogP contribution in [0.25, 0.3) is 0 Å². The number of hydrogen-bond donors (Lipinski definition) is 0. The van der Waals surface area contributed by atoms with Crippen molar-refractivity contribution in [1.82, 2.24) is 0 Å². The fraction of sp³-hybridized carbons (Fsp3) is 0.429. The molecule has 0 bridgehead atoms. The maximum absolute atomic E-state index is 11.0. The minimum absolute atomic E-state index is 0.614. The van der Waals surface area contributed by atoms with Gasteiger partial charge in [-0.2, -0.15) is 0 Å². The summed E-state index contributed by atoms with van der Waals surface area (Å²) < 4.78 is 0. The van der Waals surface area contributed by atoms with Crippen LogP contribution in [0.3, 0.4) is 0 Å². The standard InChI is InChI=1S/C21H25NO/c1-3-17-10-8-15(13-18(17)4-2)12-16-9-11-19-6-5-7-21(22-23)20(19)14-16/h5-8,10,13,16H,3-4,9,11-12,14H2,1-2H3. The minimum Gasteiger partial charge on any atom is -0.145 e. The van der Waals surface area contributed by atoms with Crippen LogP contribution in [0.2, 0.25) is 0 Å². The van der Waals surface area contributed by atoms with E-state index in [1.807, 2.05) is 12.1 Å². The van der Waals surface area contributed by atoms with Gasteiger partial charge in [-0.3, -0.25) is 0 Å². The Balaban J connectivity index is 1.78. The summed E-state index contributed by atoms with van der Waals surface area (Å²) in [4.78, 5) is 11.0. The third-order valence-corrected chi connectivity index (χ3v) is 5.22. The SMILES string of the molecule is CCc1ccc(CC2CCc3cccc(N=O)c3C2)cc1CC. The molecule has 0 spiro atoms. The normalized spacial score (nSPS) is 16.9. The molecule has 0 fully saturated rings. The van der Waals surface area contributed by atoms with Crippen molar-refractivity contribution in [3.8, 4) is 0 Å². The number of hydrogen-bond acceptors (Lipinski definition) is 2. The van der Waals surface area contributed by atoms with Gasteiger partial charge < -0.3 is 0 Å². The number of nitroso groups, excluding NO2 is 1. The van der Waals surface area contributed by atoms with Crippen molar-refractivity contribution in [2.24, 2.45) is 11.1 Å². The molecule has 2 nitrogen and oxygen atoms in total. The Morgan fingerprint density at radius 3 is 2.65 bits per heavy atom. The van der Waals surface area contributed by atoms with Crippen molar-refractivity contribution in [3.63, 3.8) is 0 Å². The smallest absolute Gasteiger partial charge is 0.111 e. The highest BCUT2D eigenvalue weighted by molar-refractivity contribution is 5.51. The van der Waals surface area contributed by atoms with Crippen LogP contribution in [0, 0.1) is 10.8 Å². The molecule has 0 saturated carbocycles. The summed E-state index contributed by atoms with van der Waals surface area (Å²) in [5.74, 6) is 0.614. The highest BCUT2D eigenvalue weighted by Gasteiger charge is 2.21. The van der Waals surface area contributed by atoms with E-state index < -0.39 is 0 Å². The van der Waals surface area contributed by atoms with Gasteiger partial charge in [-0.25, -0.2) is 0 Å². The zero-order valence-electron chi connectivity index (χ0n) is 14.1. The number of benzene rings is 2. The molecule has 1 unspecified atom stereocenters. The summed E-state index contributed by atoms with van der Waals surface area (Å²) >= 11 is 0. The fourth-order valence-corrected chi connectivity index (χ4v) is 3.91. The Bertz CT molecular complexity index is 705. The van der Waals surface area contributed by atoms with Gasteiger partial charge in [0.15, 0.2) is 0 Å².